The minimum absolute atomic E-state index is 0.00277. The summed E-state index contributed by atoms with van der Waals surface area (Å²) < 4.78 is 0. The lowest BCUT2D eigenvalue weighted by Gasteiger charge is -2.52. The normalized spacial score (nSPS) is 33.2. The van der Waals surface area contributed by atoms with Gasteiger partial charge in [-0.2, -0.15) is 0 Å². The zero-order valence-electron chi connectivity index (χ0n) is 12.0. The topological polar surface area (TPSA) is 29.1 Å². The average molecular weight is 257 g/mol. The van der Waals surface area contributed by atoms with Gasteiger partial charge in [-0.1, -0.05) is 19.1 Å². The Bertz CT molecular complexity index is 464. The fourth-order valence-electron chi connectivity index (χ4n) is 3.92. The summed E-state index contributed by atoms with van der Waals surface area (Å²) in [6.07, 6.45) is 8.14. The summed E-state index contributed by atoms with van der Waals surface area (Å²) in [5, 5.41) is 2.84. The van der Waals surface area contributed by atoms with Crippen LogP contribution in [0.3, 0.4) is 0 Å². The summed E-state index contributed by atoms with van der Waals surface area (Å²) in [5.74, 6) is -0.00277. The second-order valence-electron chi connectivity index (χ2n) is 6.85. The Morgan fingerprint density at radius 2 is 1.53 bits per heavy atom. The van der Waals surface area contributed by atoms with Gasteiger partial charge in [-0.3, -0.25) is 4.79 Å². The molecule has 3 fully saturated rings. The standard InChI is InChI=1S/C17H23NO/c1-13(19)18-15-5-3-14(4-6-15)17-10-7-16(2,8-11-17)9-12-17/h3-6H,7-12H2,1-2H3,(H,18,19). The molecule has 4 rings (SSSR count). The third-order valence-electron chi connectivity index (χ3n) is 5.44. The van der Waals surface area contributed by atoms with E-state index in [9.17, 15) is 4.79 Å². The molecule has 2 bridgehead atoms. The van der Waals surface area contributed by atoms with Crippen molar-refractivity contribution in [1.82, 2.24) is 0 Å². The molecule has 0 aliphatic heterocycles. The predicted octanol–water partition coefficient (Wildman–Crippen LogP) is 4.26. The minimum atomic E-state index is -0.00277. The van der Waals surface area contributed by atoms with Crippen molar-refractivity contribution in [2.75, 3.05) is 5.32 Å². The van der Waals surface area contributed by atoms with Crippen LogP contribution in [0.4, 0.5) is 5.69 Å². The zero-order chi connectivity index (χ0) is 13.5. The SMILES string of the molecule is CC(=O)Nc1ccc(C23CCC(C)(CC2)CC3)cc1. The molecule has 2 nitrogen and oxygen atoms in total. The molecule has 0 unspecified atom stereocenters. The van der Waals surface area contributed by atoms with Crippen molar-refractivity contribution in [2.45, 2.75) is 57.8 Å². The summed E-state index contributed by atoms with van der Waals surface area (Å²) >= 11 is 0. The number of amides is 1. The van der Waals surface area contributed by atoms with Crippen LogP contribution < -0.4 is 5.32 Å². The van der Waals surface area contributed by atoms with Gasteiger partial charge in [-0.05, 0) is 67.1 Å². The van der Waals surface area contributed by atoms with Gasteiger partial charge in [-0.25, -0.2) is 0 Å². The quantitative estimate of drug-likeness (QED) is 0.842. The van der Waals surface area contributed by atoms with Crippen LogP contribution >= 0.6 is 0 Å². The van der Waals surface area contributed by atoms with Crippen LogP contribution in [0.5, 0.6) is 0 Å². The molecule has 0 heterocycles. The number of carbonyl (C=O) groups is 1. The van der Waals surface area contributed by atoms with Crippen molar-refractivity contribution in [2.24, 2.45) is 5.41 Å². The van der Waals surface area contributed by atoms with E-state index in [0.717, 1.165) is 5.69 Å². The van der Waals surface area contributed by atoms with Gasteiger partial charge in [0, 0.05) is 12.6 Å². The predicted molar refractivity (Wildman–Crippen MR) is 78.2 cm³/mol. The van der Waals surface area contributed by atoms with Gasteiger partial charge < -0.3 is 5.32 Å². The van der Waals surface area contributed by atoms with Gasteiger partial charge in [0.25, 0.3) is 0 Å². The molecule has 1 N–H and O–H groups in total. The molecule has 2 heteroatoms. The van der Waals surface area contributed by atoms with Crippen LogP contribution in [0.25, 0.3) is 0 Å². The highest BCUT2D eigenvalue weighted by Gasteiger charge is 2.46. The van der Waals surface area contributed by atoms with Crippen LogP contribution in [-0.4, -0.2) is 5.91 Å². The third kappa shape index (κ3) is 2.29. The number of carbonyl (C=O) groups excluding carboxylic acids is 1. The second kappa shape index (κ2) is 4.36. The number of benzene rings is 1. The number of hydrogen-bond donors (Lipinski definition) is 1. The molecular formula is C17H23NO. The number of fused-ring (bicyclic) bond motifs is 3. The molecule has 3 aliphatic carbocycles. The van der Waals surface area contributed by atoms with E-state index in [2.05, 4.69) is 24.4 Å². The van der Waals surface area contributed by atoms with Crippen LogP contribution in [0.2, 0.25) is 0 Å². The Labute approximate surface area is 115 Å². The van der Waals surface area contributed by atoms with E-state index < -0.39 is 0 Å². The molecule has 1 aromatic carbocycles. The lowest BCUT2D eigenvalue weighted by atomic mass is 9.52. The van der Waals surface area contributed by atoms with E-state index in [1.54, 1.807) is 6.92 Å². The monoisotopic (exact) mass is 257 g/mol. The Morgan fingerprint density at radius 1 is 1.00 bits per heavy atom. The molecule has 3 saturated carbocycles. The van der Waals surface area contributed by atoms with Gasteiger partial charge >= 0.3 is 0 Å². The lowest BCUT2D eigenvalue weighted by Crippen LogP contribution is -2.42. The first-order chi connectivity index (χ1) is 9.01. The minimum Gasteiger partial charge on any atom is -0.326 e. The van der Waals surface area contributed by atoms with Crippen molar-refractivity contribution in [1.29, 1.82) is 0 Å². The maximum Gasteiger partial charge on any atom is 0.221 e. The first kappa shape index (κ1) is 12.7. The number of anilines is 1. The van der Waals surface area contributed by atoms with Crippen LogP contribution in [0.15, 0.2) is 24.3 Å². The first-order valence-electron chi connectivity index (χ1n) is 7.40. The summed E-state index contributed by atoms with van der Waals surface area (Å²) in [4.78, 5) is 11.0. The lowest BCUT2D eigenvalue weighted by molar-refractivity contribution is -0.114. The molecular weight excluding hydrogens is 234 g/mol. The molecule has 0 aromatic heterocycles. The number of rotatable bonds is 2. The van der Waals surface area contributed by atoms with Gasteiger partial charge in [-0.15, -0.1) is 0 Å². The zero-order valence-corrected chi connectivity index (χ0v) is 12.0. The summed E-state index contributed by atoms with van der Waals surface area (Å²) in [6.45, 7) is 4.01. The van der Waals surface area contributed by atoms with E-state index in [1.807, 2.05) is 12.1 Å². The van der Waals surface area contributed by atoms with Crippen molar-refractivity contribution >= 4 is 11.6 Å². The van der Waals surface area contributed by atoms with Crippen LogP contribution in [0.1, 0.15) is 57.9 Å². The van der Waals surface area contributed by atoms with E-state index in [4.69, 9.17) is 0 Å². The number of hydrogen-bond acceptors (Lipinski definition) is 1. The molecule has 1 amide bonds. The highest BCUT2D eigenvalue weighted by Crippen LogP contribution is 2.57. The van der Waals surface area contributed by atoms with Crippen LogP contribution in [0, 0.1) is 5.41 Å². The molecule has 102 valence electrons. The second-order valence-corrected chi connectivity index (χ2v) is 6.85. The highest BCUT2D eigenvalue weighted by atomic mass is 16.1. The molecule has 0 atom stereocenters. The molecule has 3 aliphatic rings. The van der Waals surface area contributed by atoms with Gasteiger partial charge in [0.15, 0.2) is 0 Å². The molecule has 0 spiro atoms. The van der Waals surface area contributed by atoms with Crippen molar-refractivity contribution in [3.8, 4) is 0 Å². The van der Waals surface area contributed by atoms with Gasteiger partial charge in [0.2, 0.25) is 5.91 Å². The van der Waals surface area contributed by atoms with E-state index in [0.29, 0.717) is 10.8 Å². The third-order valence-corrected chi connectivity index (χ3v) is 5.44. The maximum atomic E-state index is 11.0. The first-order valence-corrected chi connectivity index (χ1v) is 7.40. The molecule has 1 aromatic rings. The Balaban J connectivity index is 1.81. The summed E-state index contributed by atoms with van der Waals surface area (Å²) in [5.41, 5.74) is 3.43. The fourth-order valence-corrected chi connectivity index (χ4v) is 3.92. The smallest absolute Gasteiger partial charge is 0.221 e. The molecule has 0 radical (unpaired) electrons. The fraction of sp³-hybridized carbons (Fsp3) is 0.588. The summed E-state index contributed by atoms with van der Waals surface area (Å²) in [6, 6.07) is 8.54. The van der Waals surface area contributed by atoms with Crippen molar-refractivity contribution in [3.05, 3.63) is 29.8 Å². The molecule has 19 heavy (non-hydrogen) atoms. The largest absolute Gasteiger partial charge is 0.326 e. The maximum absolute atomic E-state index is 11.0. The van der Waals surface area contributed by atoms with Crippen molar-refractivity contribution < 1.29 is 4.79 Å². The van der Waals surface area contributed by atoms with E-state index in [-0.39, 0.29) is 5.91 Å². The van der Waals surface area contributed by atoms with E-state index in [1.165, 1.54) is 44.1 Å². The Morgan fingerprint density at radius 3 is 2.00 bits per heavy atom. The summed E-state index contributed by atoms with van der Waals surface area (Å²) in [7, 11) is 0. The van der Waals surface area contributed by atoms with Crippen molar-refractivity contribution in [3.63, 3.8) is 0 Å². The number of nitrogens with one attached hydrogen (secondary N) is 1. The molecule has 0 saturated heterocycles. The highest BCUT2D eigenvalue weighted by molar-refractivity contribution is 5.88. The Hall–Kier alpha value is -1.31. The van der Waals surface area contributed by atoms with E-state index >= 15 is 0 Å². The Kier molecular flexibility index (Phi) is 2.92. The van der Waals surface area contributed by atoms with Gasteiger partial charge in [0.1, 0.15) is 0 Å². The van der Waals surface area contributed by atoms with Gasteiger partial charge in [0.05, 0.1) is 0 Å². The van der Waals surface area contributed by atoms with Crippen LogP contribution in [-0.2, 0) is 10.2 Å². The average Bonchev–Trinajstić information content (AvgIpc) is 2.40.